The minimum Gasteiger partial charge on any atom is -0.461 e. The van der Waals surface area contributed by atoms with Crippen LogP contribution in [0.25, 0.3) is 11.3 Å². The molecule has 0 aliphatic carbocycles. The normalized spacial score (nSPS) is 10.3. The van der Waals surface area contributed by atoms with E-state index < -0.39 is 0 Å². The molecule has 0 unspecified atom stereocenters. The number of aldehydes is 1. The van der Waals surface area contributed by atoms with Crippen molar-refractivity contribution < 1.29 is 9.21 Å². The van der Waals surface area contributed by atoms with Crippen LogP contribution in [-0.4, -0.2) is 6.29 Å². The molecule has 0 N–H and O–H groups in total. The van der Waals surface area contributed by atoms with Crippen LogP contribution >= 0.6 is 0 Å². The van der Waals surface area contributed by atoms with E-state index in [0.29, 0.717) is 0 Å². The van der Waals surface area contributed by atoms with Gasteiger partial charge in [0.25, 0.3) is 0 Å². The molecular formula is C13H12O2. The quantitative estimate of drug-likeness (QED) is 0.695. The lowest BCUT2D eigenvalue weighted by Gasteiger charge is -2.01. The third kappa shape index (κ3) is 1.84. The lowest BCUT2D eigenvalue weighted by Crippen LogP contribution is -1.86. The average molecular weight is 200 g/mol. The Bertz CT molecular complexity index is 495. The van der Waals surface area contributed by atoms with Gasteiger partial charge in [-0.3, -0.25) is 4.79 Å². The first-order valence-electron chi connectivity index (χ1n) is 4.83. The number of carbonyl (C=O) groups is 1. The third-order valence-corrected chi connectivity index (χ3v) is 2.42. The van der Waals surface area contributed by atoms with Crippen molar-refractivity contribution in [3.8, 4) is 11.3 Å². The van der Waals surface area contributed by atoms with Gasteiger partial charge in [0, 0.05) is 11.1 Å². The van der Waals surface area contributed by atoms with Crippen molar-refractivity contribution >= 4 is 6.29 Å². The Labute approximate surface area is 88.5 Å². The van der Waals surface area contributed by atoms with Crippen LogP contribution in [0.1, 0.15) is 21.7 Å². The standard InChI is InChI=1S/C13H12O2/c1-9-7-11(4-5-12(9)8-14)13-6-3-10(2)15-13/h3-8H,1-2H3. The van der Waals surface area contributed by atoms with Gasteiger partial charge in [0.2, 0.25) is 0 Å². The number of aryl methyl sites for hydroxylation is 2. The summed E-state index contributed by atoms with van der Waals surface area (Å²) in [5.74, 6) is 1.73. The van der Waals surface area contributed by atoms with E-state index in [1.54, 1.807) is 0 Å². The molecule has 76 valence electrons. The van der Waals surface area contributed by atoms with Crippen LogP contribution in [0.2, 0.25) is 0 Å². The minimum absolute atomic E-state index is 0.724. The van der Waals surface area contributed by atoms with E-state index in [1.807, 2.05) is 44.2 Å². The molecular weight excluding hydrogens is 188 g/mol. The minimum atomic E-state index is 0.724. The monoisotopic (exact) mass is 200 g/mol. The largest absolute Gasteiger partial charge is 0.461 e. The highest BCUT2D eigenvalue weighted by Gasteiger charge is 2.04. The van der Waals surface area contributed by atoms with E-state index in [0.717, 1.165) is 34.5 Å². The predicted octanol–water partition coefficient (Wildman–Crippen LogP) is 3.38. The molecule has 1 aromatic carbocycles. The van der Waals surface area contributed by atoms with E-state index in [4.69, 9.17) is 4.42 Å². The molecule has 0 spiro atoms. The van der Waals surface area contributed by atoms with Crippen LogP contribution in [-0.2, 0) is 0 Å². The number of benzene rings is 1. The number of carbonyl (C=O) groups excluding carboxylic acids is 1. The maximum Gasteiger partial charge on any atom is 0.150 e. The Morgan fingerprint density at radius 2 is 1.93 bits per heavy atom. The maximum absolute atomic E-state index is 10.7. The van der Waals surface area contributed by atoms with Gasteiger partial charge in [0.1, 0.15) is 17.8 Å². The van der Waals surface area contributed by atoms with Crippen LogP contribution in [0.4, 0.5) is 0 Å². The lowest BCUT2D eigenvalue weighted by molar-refractivity contribution is 0.112. The molecule has 2 heteroatoms. The number of hydrogen-bond donors (Lipinski definition) is 0. The molecule has 0 fully saturated rings. The van der Waals surface area contributed by atoms with Crippen molar-refractivity contribution in [2.75, 3.05) is 0 Å². The molecule has 2 aromatic rings. The van der Waals surface area contributed by atoms with Crippen molar-refractivity contribution in [3.05, 3.63) is 47.2 Å². The smallest absolute Gasteiger partial charge is 0.150 e. The fourth-order valence-electron chi connectivity index (χ4n) is 1.55. The van der Waals surface area contributed by atoms with Crippen LogP contribution in [0.15, 0.2) is 34.7 Å². The van der Waals surface area contributed by atoms with Crippen molar-refractivity contribution in [2.24, 2.45) is 0 Å². The Morgan fingerprint density at radius 1 is 1.13 bits per heavy atom. The highest BCUT2D eigenvalue weighted by atomic mass is 16.3. The molecule has 0 amide bonds. The van der Waals surface area contributed by atoms with E-state index >= 15 is 0 Å². The molecule has 0 aliphatic heterocycles. The van der Waals surface area contributed by atoms with E-state index in [-0.39, 0.29) is 0 Å². The molecule has 1 aromatic heterocycles. The van der Waals surface area contributed by atoms with Crippen LogP contribution in [0.3, 0.4) is 0 Å². The van der Waals surface area contributed by atoms with Crippen molar-refractivity contribution in [2.45, 2.75) is 13.8 Å². The summed E-state index contributed by atoms with van der Waals surface area (Å²) in [6.45, 7) is 3.83. The summed E-state index contributed by atoms with van der Waals surface area (Å²) >= 11 is 0. The van der Waals surface area contributed by atoms with E-state index in [1.165, 1.54) is 0 Å². The van der Waals surface area contributed by atoms with Gasteiger partial charge in [0.05, 0.1) is 0 Å². The van der Waals surface area contributed by atoms with E-state index in [9.17, 15) is 4.79 Å². The summed E-state index contributed by atoms with van der Waals surface area (Å²) in [4.78, 5) is 10.7. The van der Waals surface area contributed by atoms with Gasteiger partial charge in [-0.05, 0) is 37.6 Å². The first-order valence-corrected chi connectivity index (χ1v) is 4.83. The highest BCUT2D eigenvalue weighted by Crippen LogP contribution is 2.23. The van der Waals surface area contributed by atoms with Crippen LogP contribution < -0.4 is 0 Å². The summed E-state index contributed by atoms with van der Waals surface area (Å²) in [5.41, 5.74) is 2.70. The number of hydrogen-bond acceptors (Lipinski definition) is 2. The highest BCUT2D eigenvalue weighted by molar-refractivity contribution is 5.78. The molecule has 2 rings (SSSR count). The second kappa shape index (κ2) is 3.73. The fraction of sp³-hybridized carbons (Fsp3) is 0.154. The zero-order valence-corrected chi connectivity index (χ0v) is 8.78. The zero-order valence-electron chi connectivity index (χ0n) is 8.78. The molecule has 0 aliphatic rings. The van der Waals surface area contributed by atoms with Crippen LogP contribution in [0, 0.1) is 13.8 Å². The molecule has 0 atom stereocenters. The lowest BCUT2D eigenvalue weighted by atomic mass is 10.0. The zero-order chi connectivity index (χ0) is 10.8. The van der Waals surface area contributed by atoms with Gasteiger partial charge in [-0.1, -0.05) is 12.1 Å². The third-order valence-electron chi connectivity index (χ3n) is 2.42. The van der Waals surface area contributed by atoms with Gasteiger partial charge in [-0.15, -0.1) is 0 Å². The summed E-state index contributed by atoms with van der Waals surface area (Å²) in [7, 11) is 0. The number of furan rings is 1. The number of rotatable bonds is 2. The summed E-state index contributed by atoms with van der Waals surface area (Å²) in [6, 6.07) is 9.54. The second-order valence-electron chi connectivity index (χ2n) is 3.60. The van der Waals surface area contributed by atoms with Crippen molar-refractivity contribution in [1.29, 1.82) is 0 Å². The molecule has 0 saturated carbocycles. The Kier molecular flexibility index (Phi) is 2.42. The molecule has 0 saturated heterocycles. The topological polar surface area (TPSA) is 30.2 Å². The van der Waals surface area contributed by atoms with E-state index in [2.05, 4.69) is 0 Å². The first kappa shape index (κ1) is 9.71. The summed E-state index contributed by atoms with van der Waals surface area (Å²) in [6.07, 6.45) is 0.868. The summed E-state index contributed by atoms with van der Waals surface area (Å²) in [5, 5.41) is 0. The Hall–Kier alpha value is -1.83. The Morgan fingerprint density at radius 3 is 2.47 bits per heavy atom. The van der Waals surface area contributed by atoms with Gasteiger partial charge in [-0.2, -0.15) is 0 Å². The first-order chi connectivity index (χ1) is 7.20. The molecule has 0 radical (unpaired) electrons. The van der Waals surface area contributed by atoms with Gasteiger partial charge < -0.3 is 4.42 Å². The predicted molar refractivity (Wildman–Crippen MR) is 59.0 cm³/mol. The fourth-order valence-corrected chi connectivity index (χ4v) is 1.55. The van der Waals surface area contributed by atoms with Crippen molar-refractivity contribution in [3.63, 3.8) is 0 Å². The average Bonchev–Trinajstić information content (AvgIpc) is 2.65. The van der Waals surface area contributed by atoms with Crippen molar-refractivity contribution in [1.82, 2.24) is 0 Å². The van der Waals surface area contributed by atoms with Gasteiger partial charge in [0.15, 0.2) is 0 Å². The SMILES string of the molecule is Cc1ccc(-c2ccc(C=O)c(C)c2)o1. The maximum atomic E-state index is 10.7. The van der Waals surface area contributed by atoms with Gasteiger partial charge >= 0.3 is 0 Å². The second-order valence-corrected chi connectivity index (χ2v) is 3.60. The molecule has 2 nitrogen and oxygen atoms in total. The van der Waals surface area contributed by atoms with Crippen LogP contribution in [0.5, 0.6) is 0 Å². The van der Waals surface area contributed by atoms with Gasteiger partial charge in [-0.25, -0.2) is 0 Å². The molecule has 1 heterocycles. The molecule has 0 bridgehead atoms. The molecule has 15 heavy (non-hydrogen) atoms. The summed E-state index contributed by atoms with van der Waals surface area (Å²) < 4.78 is 5.51. The Balaban J connectivity index is 2.46.